The van der Waals surface area contributed by atoms with E-state index in [0.717, 1.165) is 19.2 Å². The van der Waals surface area contributed by atoms with Gasteiger partial charge in [0.1, 0.15) is 0 Å². The number of esters is 1. The molecule has 0 aliphatic heterocycles. The van der Waals surface area contributed by atoms with Gasteiger partial charge in [0.05, 0.1) is 30.7 Å². The van der Waals surface area contributed by atoms with Crippen LogP contribution in [-0.2, 0) is 22.1 Å². The molecule has 0 amide bonds. The maximum atomic E-state index is 12.7. The van der Waals surface area contributed by atoms with Crippen LogP contribution in [0.15, 0.2) is 12.1 Å². The summed E-state index contributed by atoms with van der Waals surface area (Å²) < 4.78 is 42.5. The number of rotatable bonds is 2. The average Bonchev–Trinajstić information content (AvgIpc) is 2.29. The largest absolute Gasteiger partial charge is 0.469 e. The zero-order chi connectivity index (χ0) is 13.9. The van der Waals surface area contributed by atoms with Gasteiger partial charge < -0.3 is 4.74 Å². The van der Waals surface area contributed by atoms with Gasteiger partial charge in [0.25, 0.3) is 0 Å². The predicted molar refractivity (Wildman–Crippen MR) is 56.6 cm³/mol. The molecule has 0 aliphatic carbocycles. The van der Waals surface area contributed by atoms with Crippen molar-refractivity contribution in [3.63, 3.8) is 0 Å². The molecule has 0 spiro atoms. The van der Waals surface area contributed by atoms with Crippen LogP contribution in [0.2, 0.25) is 0 Å². The number of carbonyl (C=O) groups excluding carboxylic acids is 1. The van der Waals surface area contributed by atoms with E-state index in [1.165, 1.54) is 6.07 Å². The summed E-state index contributed by atoms with van der Waals surface area (Å²) in [5, 5.41) is 8.68. The third-order valence-corrected chi connectivity index (χ3v) is 2.46. The molecule has 18 heavy (non-hydrogen) atoms. The van der Waals surface area contributed by atoms with E-state index in [2.05, 4.69) is 4.74 Å². The topological polar surface area (TPSA) is 50.1 Å². The number of nitriles is 1. The molecule has 1 aromatic carbocycles. The molecule has 3 nitrogen and oxygen atoms in total. The van der Waals surface area contributed by atoms with Crippen LogP contribution in [0.4, 0.5) is 13.2 Å². The van der Waals surface area contributed by atoms with Crippen LogP contribution in [0.1, 0.15) is 22.3 Å². The van der Waals surface area contributed by atoms with E-state index in [-0.39, 0.29) is 12.0 Å². The van der Waals surface area contributed by atoms with Crippen LogP contribution in [0.5, 0.6) is 0 Å². The fourth-order valence-electron chi connectivity index (χ4n) is 1.50. The van der Waals surface area contributed by atoms with Gasteiger partial charge in [-0.3, -0.25) is 4.79 Å². The third-order valence-electron chi connectivity index (χ3n) is 2.46. The molecule has 6 heteroatoms. The molecule has 0 radical (unpaired) electrons. The molecule has 0 aliphatic rings. The molecule has 0 bridgehead atoms. The minimum atomic E-state index is -4.62. The Morgan fingerprint density at radius 1 is 1.44 bits per heavy atom. The highest BCUT2D eigenvalue weighted by molar-refractivity contribution is 5.73. The van der Waals surface area contributed by atoms with Gasteiger partial charge in [0, 0.05) is 0 Å². The number of benzene rings is 1. The second-order valence-electron chi connectivity index (χ2n) is 3.69. The zero-order valence-electron chi connectivity index (χ0n) is 9.76. The number of methoxy groups -OCH3 is 1. The number of halogens is 3. The lowest BCUT2D eigenvalue weighted by Crippen LogP contribution is -2.12. The van der Waals surface area contributed by atoms with Crippen LogP contribution in [-0.4, -0.2) is 13.1 Å². The summed E-state index contributed by atoms with van der Waals surface area (Å²) in [6, 6.07) is 3.45. The van der Waals surface area contributed by atoms with Gasteiger partial charge in [0.2, 0.25) is 0 Å². The van der Waals surface area contributed by atoms with Gasteiger partial charge in [-0.05, 0) is 30.2 Å². The van der Waals surface area contributed by atoms with Crippen molar-refractivity contribution in [3.05, 3.63) is 34.4 Å². The average molecular weight is 257 g/mol. The van der Waals surface area contributed by atoms with Crippen molar-refractivity contribution in [3.8, 4) is 6.07 Å². The van der Waals surface area contributed by atoms with Crippen molar-refractivity contribution in [1.82, 2.24) is 0 Å². The summed E-state index contributed by atoms with van der Waals surface area (Å²) in [5.74, 6) is -0.629. The lowest BCUT2D eigenvalue weighted by atomic mass is 9.97. The smallest absolute Gasteiger partial charge is 0.417 e. The van der Waals surface area contributed by atoms with Gasteiger partial charge >= 0.3 is 12.1 Å². The predicted octanol–water partition coefficient (Wildman–Crippen LogP) is 2.60. The SMILES string of the molecule is COC(=O)Cc1cc(C(F)(F)F)c(C#N)cc1C. The number of ether oxygens (including phenoxy) is 1. The Balaban J connectivity index is 3.32. The van der Waals surface area contributed by atoms with E-state index in [4.69, 9.17) is 5.26 Å². The molecule has 0 saturated carbocycles. The summed E-state index contributed by atoms with van der Waals surface area (Å²) in [5.41, 5.74) is -0.832. The summed E-state index contributed by atoms with van der Waals surface area (Å²) in [6.07, 6.45) is -4.87. The molecular weight excluding hydrogens is 247 g/mol. The van der Waals surface area contributed by atoms with Crippen molar-refractivity contribution in [2.75, 3.05) is 7.11 Å². The fourth-order valence-corrected chi connectivity index (χ4v) is 1.50. The third kappa shape index (κ3) is 3.00. The van der Waals surface area contributed by atoms with Crippen molar-refractivity contribution < 1.29 is 22.7 Å². The standard InChI is InChI=1S/C12H10F3NO2/c1-7-3-9(6-16)10(12(13,14)15)4-8(7)5-11(17)18-2/h3-4H,5H2,1-2H3. The van der Waals surface area contributed by atoms with Crippen molar-refractivity contribution in [2.45, 2.75) is 19.5 Å². The fraction of sp³-hybridized carbons (Fsp3) is 0.333. The Hall–Kier alpha value is -2.03. The molecule has 0 heterocycles. The maximum Gasteiger partial charge on any atom is 0.417 e. The van der Waals surface area contributed by atoms with Crippen LogP contribution in [0.3, 0.4) is 0 Å². The Kier molecular flexibility index (Phi) is 3.96. The number of nitrogens with zero attached hydrogens (tertiary/aromatic N) is 1. The van der Waals surface area contributed by atoms with Crippen LogP contribution >= 0.6 is 0 Å². The Morgan fingerprint density at radius 2 is 2.06 bits per heavy atom. The minimum Gasteiger partial charge on any atom is -0.469 e. The Morgan fingerprint density at radius 3 is 2.50 bits per heavy atom. The van der Waals surface area contributed by atoms with Crippen LogP contribution in [0.25, 0.3) is 0 Å². The van der Waals surface area contributed by atoms with E-state index in [1.807, 2.05) is 0 Å². The monoisotopic (exact) mass is 257 g/mol. The normalized spacial score (nSPS) is 10.9. The molecule has 0 saturated heterocycles. The molecule has 0 unspecified atom stereocenters. The molecule has 96 valence electrons. The Bertz CT molecular complexity index is 515. The van der Waals surface area contributed by atoms with Crippen molar-refractivity contribution in [1.29, 1.82) is 5.26 Å². The molecule has 0 N–H and O–H groups in total. The maximum absolute atomic E-state index is 12.7. The second-order valence-corrected chi connectivity index (χ2v) is 3.69. The first-order valence-electron chi connectivity index (χ1n) is 4.97. The number of hydrogen-bond donors (Lipinski definition) is 0. The molecule has 1 aromatic rings. The highest BCUT2D eigenvalue weighted by atomic mass is 19.4. The quantitative estimate of drug-likeness (QED) is 0.765. The molecular formula is C12H10F3NO2. The second kappa shape index (κ2) is 5.08. The number of carbonyl (C=O) groups is 1. The molecule has 0 atom stereocenters. The first kappa shape index (κ1) is 14.0. The molecule has 1 rings (SSSR count). The van der Waals surface area contributed by atoms with E-state index in [1.54, 1.807) is 6.92 Å². The first-order valence-corrected chi connectivity index (χ1v) is 4.97. The van der Waals surface area contributed by atoms with Gasteiger partial charge in [-0.25, -0.2) is 0 Å². The van der Waals surface area contributed by atoms with E-state index in [9.17, 15) is 18.0 Å². The van der Waals surface area contributed by atoms with Gasteiger partial charge in [-0.2, -0.15) is 18.4 Å². The summed E-state index contributed by atoms with van der Waals surface area (Å²) in [4.78, 5) is 11.1. The first-order chi connectivity index (χ1) is 8.29. The van der Waals surface area contributed by atoms with E-state index in [0.29, 0.717) is 5.56 Å². The van der Waals surface area contributed by atoms with Crippen LogP contribution < -0.4 is 0 Å². The number of alkyl halides is 3. The lowest BCUT2D eigenvalue weighted by Gasteiger charge is -2.12. The summed E-state index contributed by atoms with van der Waals surface area (Å²) in [6.45, 7) is 1.54. The number of hydrogen-bond acceptors (Lipinski definition) is 3. The molecule has 0 aromatic heterocycles. The van der Waals surface area contributed by atoms with Crippen molar-refractivity contribution >= 4 is 5.97 Å². The highest BCUT2D eigenvalue weighted by Gasteiger charge is 2.34. The van der Waals surface area contributed by atoms with Crippen molar-refractivity contribution in [2.24, 2.45) is 0 Å². The summed E-state index contributed by atoms with van der Waals surface area (Å²) >= 11 is 0. The Labute approximate surface area is 102 Å². The summed E-state index contributed by atoms with van der Waals surface area (Å²) in [7, 11) is 1.16. The van der Waals surface area contributed by atoms with E-state index < -0.39 is 23.3 Å². The lowest BCUT2D eigenvalue weighted by molar-refractivity contribution is -0.140. The number of aryl methyl sites for hydroxylation is 1. The van der Waals surface area contributed by atoms with Crippen LogP contribution in [0, 0.1) is 18.3 Å². The van der Waals surface area contributed by atoms with Gasteiger partial charge in [-0.15, -0.1) is 0 Å². The van der Waals surface area contributed by atoms with E-state index >= 15 is 0 Å². The molecule has 0 fully saturated rings. The van der Waals surface area contributed by atoms with Gasteiger partial charge in [0.15, 0.2) is 0 Å². The minimum absolute atomic E-state index is 0.202. The zero-order valence-corrected chi connectivity index (χ0v) is 9.76. The van der Waals surface area contributed by atoms with Gasteiger partial charge in [-0.1, -0.05) is 0 Å². The highest BCUT2D eigenvalue weighted by Crippen LogP contribution is 2.33.